The molecule has 0 atom stereocenters. The maximum atomic E-state index is 13.0. The number of para-hydroxylation sites is 1. The van der Waals surface area contributed by atoms with Crippen LogP contribution in [-0.2, 0) is 6.42 Å². The molecule has 0 aliphatic carbocycles. The van der Waals surface area contributed by atoms with Crippen molar-refractivity contribution in [2.75, 3.05) is 40.0 Å². The van der Waals surface area contributed by atoms with Crippen LogP contribution in [0.4, 0.5) is 0 Å². The van der Waals surface area contributed by atoms with Crippen molar-refractivity contribution in [2.24, 2.45) is 0 Å². The maximum absolute atomic E-state index is 13.0. The molecule has 174 valence electrons. The quantitative estimate of drug-likeness (QED) is 0.416. The highest BCUT2D eigenvalue weighted by atomic mass is 16.5. The number of methoxy groups -OCH3 is 1. The smallest absolute Gasteiger partial charge is 0.276 e. The molecular formula is C26H31N3O4. The van der Waals surface area contributed by atoms with Crippen LogP contribution in [0.2, 0.25) is 0 Å². The summed E-state index contributed by atoms with van der Waals surface area (Å²) in [5, 5.41) is 0. The molecule has 1 saturated heterocycles. The first kappa shape index (κ1) is 22.9. The van der Waals surface area contributed by atoms with Gasteiger partial charge in [-0.2, -0.15) is 0 Å². The minimum absolute atomic E-state index is 0.137. The van der Waals surface area contributed by atoms with E-state index in [-0.39, 0.29) is 5.56 Å². The molecule has 1 aromatic heterocycles. The van der Waals surface area contributed by atoms with Crippen LogP contribution in [0.15, 0.2) is 65.7 Å². The highest BCUT2D eigenvalue weighted by molar-refractivity contribution is 5.49. The lowest BCUT2D eigenvalue weighted by atomic mass is 10.2. The van der Waals surface area contributed by atoms with E-state index >= 15 is 0 Å². The molecule has 0 amide bonds. The number of hydrogen-bond donors (Lipinski definition) is 0. The number of likely N-dealkylation sites (tertiary alicyclic amines) is 1. The summed E-state index contributed by atoms with van der Waals surface area (Å²) in [4.78, 5) is 19.7. The Hall–Kier alpha value is -3.32. The van der Waals surface area contributed by atoms with Gasteiger partial charge in [0, 0.05) is 25.0 Å². The molecule has 33 heavy (non-hydrogen) atoms. The first-order valence-corrected chi connectivity index (χ1v) is 11.5. The molecule has 0 unspecified atom stereocenters. The fraction of sp³-hybridized carbons (Fsp3) is 0.385. The van der Waals surface area contributed by atoms with Crippen LogP contribution < -0.4 is 19.8 Å². The zero-order valence-electron chi connectivity index (χ0n) is 19.1. The summed E-state index contributed by atoms with van der Waals surface area (Å²) >= 11 is 0. The molecule has 0 radical (unpaired) electrons. The lowest BCUT2D eigenvalue weighted by molar-refractivity contribution is 0.230. The van der Waals surface area contributed by atoms with Gasteiger partial charge in [-0.25, -0.2) is 0 Å². The summed E-state index contributed by atoms with van der Waals surface area (Å²) in [6.07, 6.45) is 7.10. The van der Waals surface area contributed by atoms with Crippen molar-refractivity contribution in [1.29, 1.82) is 0 Å². The van der Waals surface area contributed by atoms with Crippen molar-refractivity contribution >= 4 is 0 Å². The molecule has 3 aromatic rings. The van der Waals surface area contributed by atoms with Crippen molar-refractivity contribution in [2.45, 2.75) is 25.7 Å². The molecule has 1 aliphatic heterocycles. The highest BCUT2D eigenvalue weighted by Gasteiger charge is 2.13. The van der Waals surface area contributed by atoms with Gasteiger partial charge in [0.05, 0.1) is 19.4 Å². The van der Waals surface area contributed by atoms with E-state index in [1.165, 1.54) is 12.8 Å². The van der Waals surface area contributed by atoms with E-state index in [9.17, 15) is 4.79 Å². The lowest BCUT2D eigenvalue weighted by Gasteiger charge is -2.17. The first-order valence-electron chi connectivity index (χ1n) is 11.5. The van der Waals surface area contributed by atoms with Crippen LogP contribution in [0.3, 0.4) is 0 Å². The summed E-state index contributed by atoms with van der Waals surface area (Å²) in [5.41, 5.74) is 1.09. The van der Waals surface area contributed by atoms with Crippen molar-refractivity contribution in [3.05, 3.63) is 77.0 Å². The maximum Gasteiger partial charge on any atom is 0.276 e. The van der Waals surface area contributed by atoms with E-state index in [2.05, 4.69) is 9.88 Å². The van der Waals surface area contributed by atoms with Crippen LogP contribution in [0.5, 0.6) is 17.2 Å². The Balaban J connectivity index is 1.38. The van der Waals surface area contributed by atoms with Gasteiger partial charge >= 0.3 is 0 Å². The summed E-state index contributed by atoms with van der Waals surface area (Å²) in [5.74, 6) is 2.11. The summed E-state index contributed by atoms with van der Waals surface area (Å²) in [6, 6.07) is 15.2. The van der Waals surface area contributed by atoms with Gasteiger partial charge in [0.2, 0.25) is 0 Å². The largest absolute Gasteiger partial charge is 0.494 e. The average Bonchev–Trinajstić information content (AvgIpc) is 3.37. The Labute approximate surface area is 194 Å². The molecule has 0 bridgehead atoms. The van der Waals surface area contributed by atoms with Gasteiger partial charge < -0.3 is 14.2 Å². The Kier molecular flexibility index (Phi) is 7.98. The summed E-state index contributed by atoms with van der Waals surface area (Å²) in [7, 11) is 1.61. The molecule has 2 heterocycles. The molecule has 4 rings (SSSR count). The molecule has 0 spiro atoms. The van der Waals surface area contributed by atoms with E-state index in [1.54, 1.807) is 24.1 Å². The van der Waals surface area contributed by atoms with E-state index in [0.29, 0.717) is 48.9 Å². The zero-order valence-corrected chi connectivity index (χ0v) is 19.1. The average molecular weight is 450 g/mol. The van der Waals surface area contributed by atoms with Gasteiger partial charge in [-0.15, -0.1) is 0 Å². The third kappa shape index (κ3) is 6.14. The number of benzene rings is 2. The van der Waals surface area contributed by atoms with Crippen LogP contribution in [0.1, 0.15) is 25.0 Å². The van der Waals surface area contributed by atoms with Gasteiger partial charge in [0.1, 0.15) is 18.1 Å². The topological polar surface area (TPSA) is 65.8 Å². The van der Waals surface area contributed by atoms with Crippen LogP contribution in [0.25, 0.3) is 5.69 Å². The van der Waals surface area contributed by atoms with Crippen molar-refractivity contribution in [3.63, 3.8) is 0 Å². The number of hydrogen-bond acceptors (Lipinski definition) is 6. The number of ether oxygens (including phenoxy) is 3. The monoisotopic (exact) mass is 449 g/mol. The predicted octanol–water partition coefficient (Wildman–Crippen LogP) is 3.73. The van der Waals surface area contributed by atoms with E-state index in [1.807, 2.05) is 48.5 Å². The molecular weight excluding hydrogens is 418 g/mol. The fourth-order valence-corrected chi connectivity index (χ4v) is 3.99. The molecule has 2 aromatic carbocycles. The van der Waals surface area contributed by atoms with Crippen molar-refractivity contribution in [3.8, 4) is 22.9 Å². The SMILES string of the molecule is COc1cc(-n2ccnc(CCCOc3ccccc3)c2=O)ccc1OCCN1CCCC1. The molecule has 7 heteroatoms. The van der Waals surface area contributed by atoms with Gasteiger partial charge in [-0.05, 0) is 63.0 Å². The minimum atomic E-state index is -0.137. The first-order chi connectivity index (χ1) is 16.2. The van der Waals surface area contributed by atoms with Gasteiger partial charge in [0.15, 0.2) is 11.5 Å². The number of aryl methyl sites for hydroxylation is 1. The third-order valence-electron chi connectivity index (χ3n) is 5.77. The Bertz CT molecular complexity index is 1080. The van der Waals surface area contributed by atoms with E-state index in [0.717, 1.165) is 25.4 Å². The number of rotatable bonds is 11. The minimum Gasteiger partial charge on any atom is -0.494 e. The number of nitrogens with zero attached hydrogens (tertiary/aromatic N) is 3. The van der Waals surface area contributed by atoms with E-state index < -0.39 is 0 Å². The summed E-state index contributed by atoms with van der Waals surface area (Å²) < 4.78 is 18.8. The predicted molar refractivity (Wildman–Crippen MR) is 128 cm³/mol. The standard InChI is InChI=1S/C26H31N3O4/c1-31-25-20-21(11-12-24(25)33-19-17-28-14-5-6-15-28)29-16-13-27-23(26(29)30)10-7-18-32-22-8-3-2-4-9-22/h2-4,8-9,11-13,16,20H,5-7,10,14-15,17-19H2,1H3. The molecule has 0 saturated carbocycles. The van der Waals surface area contributed by atoms with Gasteiger partial charge in [-0.3, -0.25) is 19.2 Å². The second kappa shape index (κ2) is 11.5. The van der Waals surface area contributed by atoms with E-state index in [4.69, 9.17) is 14.2 Å². The van der Waals surface area contributed by atoms with Gasteiger partial charge in [0.25, 0.3) is 5.56 Å². The Morgan fingerprint density at radius 2 is 1.79 bits per heavy atom. The normalized spacial score (nSPS) is 13.7. The fourth-order valence-electron chi connectivity index (χ4n) is 3.99. The van der Waals surface area contributed by atoms with Crippen molar-refractivity contribution < 1.29 is 14.2 Å². The molecule has 1 fully saturated rings. The van der Waals surface area contributed by atoms with Crippen LogP contribution >= 0.6 is 0 Å². The highest BCUT2D eigenvalue weighted by Crippen LogP contribution is 2.29. The third-order valence-corrected chi connectivity index (χ3v) is 5.77. The second-order valence-corrected chi connectivity index (χ2v) is 8.05. The zero-order chi connectivity index (χ0) is 22.9. The van der Waals surface area contributed by atoms with Gasteiger partial charge in [-0.1, -0.05) is 18.2 Å². The Morgan fingerprint density at radius 3 is 2.58 bits per heavy atom. The second-order valence-electron chi connectivity index (χ2n) is 8.05. The number of aromatic nitrogens is 2. The molecule has 1 aliphatic rings. The molecule has 0 N–H and O–H groups in total. The summed E-state index contributed by atoms with van der Waals surface area (Å²) in [6.45, 7) is 4.33. The van der Waals surface area contributed by atoms with Crippen molar-refractivity contribution in [1.82, 2.24) is 14.5 Å². The Morgan fingerprint density at radius 1 is 0.970 bits per heavy atom. The van der Waals surface area contributed by atoms with Crippen LogP contribution in [-0.4, -0.2) is 54.4 Å². The lowest BCUT2D eigenvalue weighted by Crippen LogP contribution is -2.25. The molecule has 7 nitrogen and oxygen atoms in total. The van der Waals surface area contributed by atoms with Crippen LogP contribution in [0, 0.1) is 0 Å².